The number of rotatable bonds is 8. The Balaban J connectivity index is 1.38. The van der Waals surface area contributed by atoms with E-state index >= 15 is 0 Å². The first-order chi connectivity index (χ1) is 22.1. The van der Waals surface area contributed by atoms with Crippen molar-refractivity contribution in [3.8, 4) is 11.1 Å². The van der Waals surface area contributed by atoms with Crippen molar-refractivity contribution >= 4 is 23.2 Å². The Hall–Kier alpha value is -3.95. The molecule has 0 radical (unpaired) electrons. The van der Waals surface area contributed by atoms with Gasteiger partial charge < -0.3 is 30.2 Å². The van der Waals surface area contributed by atoms with Crippen molar-refractivity contribution in [2.24, 2.45) is 0 Å². The number of ether oxygens (including phenoxy) is 1. The number of piperidine rings is 1. The second-order valence-corrected chi connectivity index (χ2v) is 13.2. The number of aryl methyl sites for hydroxylation is 2. The Morgan fingerprint density at radius 2 is 1.76 bits per heavy atom. The van der Waals surface area contributed by atoms with Crippen LogP contribution in [-0.4, -0.2) is 67.1 Å². The van der Waals surface area contributed by atoms with Crippen LogP contribution in [-0.2, 0) is 21.5 Å². The first kappa shape index (κ1) is 32.0. The number of anilines is 2. The Morgan fingerprint density at radius 1 is 1.02 bits per heavy atom. The van der Waals surface area contributed by atoms with E-state index in [1.807, 2.05) is 32.9 Å². The van der Waals surface area contributed by atoms with Gasteiger partial charge in [-0.15, -0.1) is 0 Å². The molecule has 6 rings (SSSR count). The number of pyridine rings is 1. The van der Waals surface area contributed by atoms with Crippen LogP contribution in [0, 0.1) is 20.8 Å². The quantitative estimate of drug-likeness (QED) is 0.318. The highest BCUT2D eigenvalue weighted by atomic mass is 16.5. The van der Waals surface area contributed by atoms with Crippen molar-refractivity contribution in [1.29, 1.82) is 0 Å². The number of fused-ring (bicyclic) bond motifs is 2. The monoisotopic (exact) mass is 625 g/mol. The number of H-pyrrole nitrogens is 1. The molecule has 9 nitrogen and oxygen atoms in total. The highest BCUT2D eigenvalue weighted by Crippen LogP contribution is 2.46. The molecule has 0 saturated carbocycles. The van der Waals surface area contributed by atoms with E-state index < -0.39 is 5.41 Å². The SMILES string of the molecule is CCN1CCC2(CC1)C(=O)Nc1cc(-c3cc(C(=O)NCc4c(C)cc(C)[nH]c4=O)c(C)c(N(CC)C4CCOCC4)c3)ccc12. The Morgan fingerprint density at radius 3 is 2.43 bits per heavy atom. The molecule has 2 aromatic carbocycles. The van der Waals surface area contributed by atoms with E-state index in [4.69, 9.17) is 4.74 Å². The average molecular weight is 626 g/mol. The summed E-state index contributed by atoms with van der Waals surface area (Å²) in [5.74, 6) is -0.128. The Kier molecular flexibility index (Phi) is 9.08. The lowest BCUT2D eigenvalue weighted by Crippen LogP contribution is -2.46. The number of likely N-dealkylation sites (tertiary alicyclic amines) is 1. The molecule has 2 saturated heterocycles. The number of hydrogen-bond acceptors (Lipinski definition) is 6. The molecule has 1 aromatic heterocycles. The van der Waals surface area contributed by atoms with Gasteiger partial charge in [0.25, 0.3) is 11.5 Å². The van der Waals surface area contributed by atoms with Gasteiger partial charge in [0.2, 0.25) is 5.91 Å². The minimum Gasteiger partial charge on any atom is -0.381 e. The summed E-state index contributed by atoms with van der Waals surface area (Å²) >= 11 is 0. The van der Waals surface area contributed by atoms with Crippen LogP contribution in [0.3, 0.4) is 0 Å². The highest BCUT2D eigenvalue weighted by molar-refractivity contribution is 6.07. The van der Waals surface area contributed by atoms with Gasteiger partial charge in [0, 0.05) is 60.5 Å². The van der Waals surface area contributed by atoms with Gasteiger partial charge in [0.1, 0.15) is 0 Å². The lowest BCUT2D eigenvalue weighted by atomic mass is 9.73. The average Bonchev–Trinajstić information content (AvgIpc) is 3.31. The predicted molar refractivity (Wildman–Crippen MR) is 183 cm³/mol. The van der Waals surface area contributed by atoms with Gasteiger partial charge in [-0.25, -0.2) is 0 Å². The fourth-order valence-corrected chi connectivity index (χ4v) is 7.74. The van der Waals surface area contributed by atoms with Gasteiger partial charge in [0.05, 0.1) is 5.41 Å². The first-order valence-corrected chi connectivity index (χ1v) is 16.8. The Bertz CT molecular complexity index is 1700. The highest BCUT2D eigenvalue weighted by Gasteiger charge is 2.48. The zero-order valence-electron chi connectivity index (χ0n) is 27.8. The van der Waals surface area contributed by atoms with E-state index in [0.717, 1.165) is 110 Å². The second kappa shape index (κ2) is 13.0. The van der Waals surface area contributed by atoms with Gasteiger partial charge >= 0.3 is 0 Å². The molecular formula is C37H47N5O4. The predicted octanol–water partition coefficient (Wildman–Crippen LogP) is 5.21. The molecule has 2 fully saturated rings. The molecule has 2 amide bonds. The minimum absolute atomic E-state index is 0.0955. The van der Waals surface area contributed by atoms with Crippen molar-refractivity contribution in [3.63, 3.8) is 0 Å². The topological polar surface area (TPSA) is 107 Å². The van der Waals surface area contributed by atoms with Crippen molar-refractivity contribution in [1.82, 2.24) is 15.2 Å². The van der Waals surface area contributed by atoms with Crippen LogP contribution in [0.5, 0.6) is 0 Å². The van der Waals surface area contributed by atoms with Crippen LogP contribution >= 0.6 is 0 Å². The van der Waals surface area contributed by atoms with E-state index in [9.17, 15) is 14.4 Å². The summed E-state index contributed by atoms with van der Waals surface area (Å²) < 4.78 is 5.67. The third kappa shape index (κ3) is 5.86. The third-order valence-electron chi connectivity index (χ3n) is 10.5. The lowest BCUT2D eigenvalue weighted by molar-refractivity contribution is -0.122. The van der Waals surface area contributed by atoms with E-state index in [1.54, 1.807) is 0 Å². The van der Waals surface area contributed by atoms with Gasteiger partial charge in [0.15, 0.2) is 0 Å². The molecule has 4 heterocycles. The number of aromatic nitrogens is 1. The first-order valence-electron chi connectivity index (χ1n) is 16.8. The Labute approximate surface area is 271 Å². The van der Waals surface area contributed by atoms with E-state index in [0.29, 0.717) is 17.2 Å². The molecule has 3 aliphatic rings. The van der Waals surface area contributed by atoms with Gasteiger partial charge in [-0.1, -0.05) is 19.1 Å². The summed E-state index contributed by atoms with van der Waals surface area (Å²) in [5, 5.41) is 6.25. The summed E-state index contributed by atoms with van der Waals surface area (Å²) in [5.41, 5.74) is 7.86. The number of nitrogens with one attached hydrogen (secondary N) is 3. The maximum atomic E-state index is 13.9. The number of carbonyl (C=O) groups is 2. The summed E-state index contributed by atoms with van der Waals surface area (Å²) in [7, 11) is 0. The third-order valence-corrected chi connectivity index (χ3v) is 10.5. The molecule has 3 N–H and O–H groups in total. The fraction of sp³-hybridized carbons (Fsp3) is 0.486. The number of amides is 2. The van der Waals surface area contributed by atoms with Crippen LogP contribution in [0.15, 0.2) is 41.2 Å². The maximum absolute atomic E-state index is 13.9. The van der Waals surface area contributed by atoms with Gasteiger partial charge in [-0.3, -0.25) is 14.4 Å². The summed E-state index contributed by atoms with van der Waals surface area (Å²) in [6, 6.07) is 12.7. The number of carbonyl (C=O) groups excluding carboxylic acids is 2. The van der Waals surface area contributed by atoms with Crippen LogP contribution < -0.4 is 21.1 Å². The molecule has 3 aliphatic heterocycles. The summed E-state index contributed by atoms with van der Waals surface area (Å²) in [4.78, 5) is 47.7. The van der Waals surface area contributed by atoms with Gasteiger partial charge in [-0.05, 0) is 125 Å². The smallest absolute Gasteiger partial charge is 0.253 e. The largest absolute Gasteiger partial charge is 0.381 e. The van der Waals surface area contributed by atoms with E-state index in [2.05, 4.69) is 63.5 Å². The van der Waals surface area contributed by atoms with Crippen LogP contribution in [0.25, 0.3) is 11.1 Å². The van der Waals surface area contributed by atoms with Crippen LogP contribution in [0.4, 0.5) is 11.4 Å². The molecule has 244 valence electrons. The molecule has 1 spiro atoms. The molecule has 0 unspecified atom stereocenters. The maximum Gasteiger partial charge on any atom is 0.253 e. The molecule has 3 aromatic rings. The summed E-state index contributed by atoms with van der Waals surface area (Å²) in [6.45, 7) is 15.3. The van der Waals surface area contributed by atoms with Crippen LogP contribution in [0.2, 0.25) is 0 Å². The number of nitrogens with zero attached hydrogens (tertiary/aromatic N) is 2. The van der Waals surface area contributed by atoms with Crippen molar-refractivity contribution in [2.45, 2.75) is 78.3 Å². The molecule has 0 bridgehead atoms. The zero-order chi connectivity index (χ0) is 32.6. The normalized spacial score (nSPS) is 18.0. The number of benzene rings is 2. The van der Waals surface area contributed by atoms with Gasteiger partial charge in [-0.2, -0.15) is 0 Å². The zero-order valence-corrected chi connectivity index (χ0v) is 27.8. The van der Waals surface area contributed by atoms with Crippen molar-refractivity contribution in [3.05, 3.63) is 80.3 Å². The van der Waals surface area contributed by atoms with E-state index in [1.165, 1.54) is 0 Å². The molecule has 0 aliphatic carbocycles. The standard InChI is InChI=1S/C37H47N5O4/c1-6-41-14-12-37(13-15-41)31-9-8-26(20-32(31)40-36(37)45)27-19-29(34(43)38-22-30-23(3)18-24(4)39-35(30)44)25(5)33(21-27)42(7-2)28-10-16-46-17-11-28/h8-9,18-21,28H,6-7,10-17,22H2,1-5H3,(H,38,43)(H,39,44)(H,40,45). The summed E-state index contributed by atoms with van der Waals surface area (Å²) in [6.07, 6.45) is 3.49. The number of hydrogen-bond donors (Lipinski definition) is 3. The second-order valence-electron chi connectivity index (χ2n) is 13.2. The molecule has 0 atom stereocenters. The minimum atomic E-state index is -0.475. The fourth-order valence-electron chi connectivity index (χ4n) is 7.74. The van der Waals surface area contributed by atoms with Crippen molar-refractivity contribution < 1.29 is 14.3 Å². The van der Waals surface area contributed by atoms with Crippen molar-refractivity contribution in [2.75, 3.05) is 49.6 Å². The molecule has 9 heteroatoms. The number of aromatic amines is 1. The lowest BCUT2D eigenvalue weighted by Gasteiger charge is -2.37. The van der Waals surface area contributed by atoms with Crippen LogP contribution in [0.1, 0.15) is 77.8 Å². The molecular weight excluding hydrogens is 578 g/mol. The van der Waals surface area contributed by atoms with E-state index in [-0.39, 0.29) is 23.9 Å². The molecule has 46 heavy (non-hydrogen) atoms.